The summed E-state index contributed by atoms with van der Waals surface area (Å²) in [6.07, 6.45) is 0. The lowest BCUT2D eigenvalue weighted by molar-refractivity contribution is 1.35. The van der Waals surface area contributed by atoms with Crippen LogP contribution in [0.5, 0.6) is 0 Å². The molecule has 0 amide bonds. The molecule has 4 aromatic carbocycles. The number of rotatable bonds is 1. The van der Waals surface area contributed by atoms with E-state index in [9.17, 15) is 0 Å². The van der Waals surface area contributed by atoms with Crippen molar-refractivity contribution in [1.29, 1.82) is 0 Å². The minimum atomic E-state index is 1.29. The van der Waals surface area contributed by atoms with E-state index in [4.69, 9.17) is 0 Å². The lowest BCUT2D eigenvalue weighted by Gasteiger charge is -2.10. The third kappa shape index (κ3) is 1.84. The van der Waals surface area contributed by atoms with Crippen LogP contribution in [0.25, 0.3) is 49.2 Å². The van der Waals surface area contributed by atoms with E-state index in [1.54, 1.807) is 0 Å². The molecule has 27 heavy (non-hydrogen) atoms. The summed E-state index contributed by atoms with van der Waals surface area (Å²) >= 11 is 0. The zero-order chi connectivity index (χ0) is 18.1. The average Bonchev–Trinajstić information content (AvgIpc) is 3.19. The quantitative estimate of drug-likeness (QED) is 0.299. The summed E-state index contributed by atoms with van der Waals surface area (Å²) in [5, 5.41) is 5.36. The molecule has 0 fully saturated rings. The number of fused-ring (bicyclic) bond motifs is 6. The predicted molar refractivity (Wildman–Crippen MR) is 116 cm³/mol. The van der Waals surface area contributed by atoms with Crippen LogP contribution < -0.4 is 0 Å². The van der Waals surface area contributed by atoms with Gasteiger partial charge in [0.05, 0.1) is 16.6 Å². The number of para-hydroxylation sites is 2. The van der Waals surface area contributed by atoms with Gasteiger partial charge in [-0.15, -0.1) is 0 Å². The van der Waals surface area contributed by atoms with Gasteiger partial charge in [-0.2, -0.15) is 0 Å². The van der Waals surface area contributed by atoms with Crippen molar-refractivity contribution >= 4 is 38.1 Å². The van der Waals surface area contributed by atoms with Crippen molar-refractivity contribution in [3.05, 3.63) is 90.0 Å². The van der Waals surface area contributed by atoms with E-state index in [1.807, 2.05) is 0 Å². The molecule has 0 saturated carbocycles. The van der Waals surface area contributed by atoms with E-state index in [0.717, 1.165) is 0 Å². The van der Waals surface area contributed by atoms with Gasteiger partial charge < -0.3 is 4.40 Å². The highest BCUT2D eigenvalue weighted by atomic mass is 14.9. The second kappa shape index (κ2) is 5.11. The van der Waals surface area contributed by atoms with E-state index in [2.05, 4.69) is 97.1 Å². The number of aromatic nitrogens is 1. The highest BCUT2D eigenvalue weighted by Crippen LogP contribution is 2.41. The Labute approximate surface area is 157 Å². The highest BCUT2D eigenvalue weighted by molar-refractivity contribution is 6.23. The minimum absolute atomic E-state index is 1.29. The molecule has 0 radical (unpaired) electrons. The Kier molecular flexibility index (Phi) is 2.80. The number of benzene rings is 4. The van der Waals surface area contributed by atoms with Crippen LogP contribution in [0.3, 0.4) is 0 Å². The molecule has 0 N–H and O–H groups in total. The van der Waals surface area contributed by atoms with Crippen LogP contribution in [0.1, 0.15) is 11.1 Å². The van der Waals surface area contributed by atoms with Gasteiger partial charge in [-0.1, -0.05) is 60.7 Å². The van der Waals surface area contributed by atoms with Crippen LogP contribution in [0, 0.1) is 13.8 Å². The molecule has 1 heteroatoms. The van der Waals surface area contributed by atoms with Gasteiger partial charge >= 0.3 is 0 Å². The first-order valence-electron chi connectivity index (χ1n) is 9.47. The van der Waals surface area contributed by atoms with Crippen molar-refractivity contribution in [2.24, 2.45) is 0 Å². The molecule has 1 nitrogen and oxygen atoms in total. The molecule has 0 atom stereocenters. The summed E-state index contributed by atoms with van der Waals surface area (Å²) < 4.78 is 2.45. The molecule has 128 valence electrons. The topological polar surface area (TPSA) is 4.41 Å². The number of nitrogens with zero attached hydrogens (tertiary/aromatic N) is 1. The van der Waals surface area contributed by atoms with E-state index < -0.39 is 0 Å². The van der Waals surface area contributed by atoms with Crippen LogP contribution in [-0.2, 0) is 0 Å². The lowest BCUT2D eigenvalue weighted by atomic mass is 9.94. The largest absolute Gasteiger partial charge is 0.308 e. The van der Waals surface area contributed by atoms with Gasteiger partial charge in [-0.05, 0) is 54.3 Å². The highest BCUT2D eigenvalue weighted by Gasteiger charge is 2.18. The molecule has 0 aliphatic rings. The Hall–Kier alpha value is -3.32. The molecule has 0 spiro atoms. The molecular formula is C26H19N. The first-order chi connectivity index (χ1) is 13.2. The fraction of sp³-hybridized carbons (Fsp3) is 0.0769. The van der Waals surface area contributed by atoms with E-state index in [1.165, 1.54) is 60.3 Å². The number of hydrogen-bond acceptors (Lipinski definition) is 0. The van der Waals surface area contributed by atoms with Crippen LogP contribution in [0.4, 0.5) is 0 Å². The van der Waals surface area contributed by atoms with Crippen LogP contribution in [0.2, 0.25) is 0 Å². The van der Waals surface area contributed by atoms with Gasteiger partial charge in [0, 0.05) is 21.5 Å². The fourth-order valence-electron chi connectivity index (χ4n) is 4.74. The Balaban J connectivity index is 1.84. The molecule has 0 bridgehead atoms. The Morgan fingerprint density at radius 1 is 0.519 bits per heavy atom. The maximum atomic E-state index is 2.45. The SMILES string of the molecule is Cc1ccccc1-c1cc2c3cccc4c5ccccc5n(c2cc1C)c43. The van der Waals surface area contributed by atoms with E-state index in [0.29, 0.717) is 0 Å². The van der Waals surface area contributed by atoms with Crippen LogP contribution >= 0.6 is 0 Å². The molecule has 6 aromatic rings. The summed E-state index contributed by atoms with van der Waals surface area (Å²) in [5.41, 5.74) is 9.24. The van der Waals surface area contributed by atoms with Crippen molar-refractivity contribution in [2.45, 2.75) is 13.8 Å². The van der Waals surface area contributed by atoms with Crippen LogP contribution in [-0.4, -0.2) is 4.40 Å². The monoisotopic (exact) mass is 345 g/mol. The molecule has 0 aliphatic carbocycles. The van der Waals surface area contributed by atoms with Crippen molar-refractivity contribution in [1.82, 2.24) is 4.40 Å². The van der Waals surface area contributed by atoms with Gasteiger partial charge in [-0.3, -0.25) is 0 Å². The summed E-state index contributed by atoms with van der Waals surface area (Å²) in [6.45, 7) is 4.42. The first kappa shape index (κ1) is 14.8. The molecule has 6 rings (SSSR count). The fourth-order valence-corrected chi connectivity index (χ4v) is 4.74. The predicted octanol–water partition coefficient (Wildman–Crippen LogP) is 7.12. The zero-order valence-corrected chi connectivity index (χ0v) is 15.5. The Bertz CT molecular complexity index is 1480. The normalized spacial score (nSPS) is 12.1. The average molecular weight is 345 g/mol. The van der Waals surface area contributed by atoms with Gasteiger partial charge in [0.25, 0.3) is 0 Å². The maximum Gasteiger partial charge on any atom is 0.0620 e. The minimum Gasteiger partial charge on any atom is -0.308 e. The Morgan fingerprint density at radius 2 is 1.22 bits per heavy atom. The lowest BCUT2D eigenvalue weighted by Crippen LogP contribution is -1.88. The van der Waals surface area contributed by atoms with Crippen molar-refractivity contribution in [2.75, 3.05) is 0 Å². The second-order valence-corrected chi connectivity index (χ2v) is 7.55. The zero-order valence-electron chi connectivity index (χ0n) is 15.5. The molecule has 0 unspecified atom stereocenters. The van der Waals surface area contributed by atoms with Crippen molar-refractivity contribution in [3.63, 3.8) is 0 Å². The number of aryl methyl sites for hydroxylation is 2. The van der Waals surface area contributed by atoms with Gasteiger partial charge in [0.15, 0.2) is 0 Å². The second-order valence-electron chi connectivity index (χ2n) is 7.55. The molecular weight excluding hydrogens is 326 g/mol. The summed E-state index contributed by atoms with van der Waals surface area (Å²) in [6, 6.07) is 28.9. The molecule has 0 aliphatic heterocycles. The van der Waals surface area contributed by atoms with Crippen molar-refractivity contribution in [3.8, 4) is 11.1 Å². The smallest absolute Gasteiger partial charge is 0.0620 e. The third-order valence-corrected chi connectivity index (χ3v) is 6.00. The first-order valence-corrected chi connectivity index (χ1v) is 9.47. The summed E-state index contributed by atoms with van der Waals surface area (Å²) in [4.78, 5) is 0. The molecule has 0 saturated heterocycles. The van der Waals surface area contributed by atoms with Crippen molar-refractivity contribution < 1.29 is 0 Å². The summed E-state index contributed by atoms with van der Waals surface area (Å²) in [5.74, 6) is 0. The van der Waals surface area contributed by atoms with E-state index in [-0.39, 0.29) is 0 Å². The van der Waals surface area contributed by atoms with Gasteiger partial charge in [-0.25, -0.2) is 0 Å². The standard InChI is InChI=1S/C26H19N/c1-16-8-3-4-9-18(16)22-15-23-21-12-7-11-20-19-10-5-6-13-24(19)27(26(20)21)25(23)14-17(22)2/h3-15H,1-2H3. The maximum absolute atomic E-state index is 2.45. The van der Waals surface area contributed by atoms with Crippen LogP contribution in [0.15, 0.2) is 78.9 Å². The Morgan fingerprint density at radius 3 is 2.07 bits per heavy atom. The van der Waals surface area contributed by atoms with E-state index >= 15 is 0 Å². The third-order valence-electron chi connectivity index (χ3n) is 6.00. The number of hydrogen-bond donors (Lipinski definition) is 0. The van der Waals surface area contributed by atoms with Gasteiger partial charge in [0.2, 0.25) is 0 Å². The molecule has 2 aromatic heterocycles. The van der Waals surface area contributed by atoms with Gasteiger partial charge in [0.1, 0.15) is 0 Å². The molecule has 2 heterocycles. The summed E-state index contributed by atoms with van der Waals surface area (Å²) in [7, 11) is 0.